The Hall–Kier alpha value is -2.67. The topological polar surface area (TPSA) is 84.5 Å². The van der Waals surface area contributed by atoms with Crippen LogP contribution >= 0.6 is 11.3 Å². The molecule has 0 saturated carbocycles. The number of ether oxygens (including phenoxy) is 1. The van der Waals surface area contributed by atoms with E-state index >= 15 is 0 Å². The summed E-state index contributed by atoms with van der Waals surface area (Å²) in [7, 11) is 0. The van der Waals surface area contributed by atoms with E-state index in [1.165, 1.54) is 11.3 Å². The average molecular weight is 445 g/mol. The summed E-state index contributed by atoms with van der Waals surface area (Å²) in [4.78, 5) is 38.1. The van der Waals surface area contributed by atoms with E-state index in [1.807, 2.05) is 58.9 Å². The predicted molar refractivity (Wildman–Crippen MR) is 124 cm³/mol. The van der Waals surface area contributed by atoms with Gasteiger partial charge in [0.25, 0.3) is 5.91 Å². The molecule has 2 rings (SSSR count). The standard InChI is InChI=1S/C24H32N2O4S/c1-14(2)30-20(27)13-18(17-10-8-15(3)9-11-17)25-22(28)21-16(4)12-19(31-21)26-23(29)24(5,6)7/h8-12,14,18H,13H2,1-7H3,(H,25,28)(H,26,29). The molecule has 0 spiro atoms. The van der Waals surface area contributed by atoms with Crippen molar-refractivity contribution in [3.05, 3.63) is 51.9 Å². The Kier molecular flexibility index (Phi) is 8.01. The molecule has 2 amide bonds. The van der Waals surface area contributed by atoms with E-state index in [9.17, 15) is 14.4 Å². The second-order valence-electron chi connectivity index (χ2n) is 9.01. The van der Waals surface area contributed by atoms with Gasteiger partial charge in [0.2, 0.25) is 5.91 Å². The Labute approximate surface area is 188 Å². The smallest absolute Gasteiger partial charge is 0.308 e. The van der Waals surface area contributed by atoms with Crippen molar-refractivity contribution < 1.29 is 19.1 Å². The van der Waals surface area contributed by atoms with Crippen molar-refractivity contribution in [2.24, 2.45) is 5.41 Å². The number of nitrogens with one attached hydrogen (secondary N) is 2. The van der Waals surface area contributed by atoms with Gasteiger partial charge < -0.3 is 15.4 Å². The minimum Gasteiger partial charge on any atom is -0.463 e. The van der Waals surface area contributed by atoms with Crippen LogP contribution in [0.5, 0.6) is 0 Å². The number of hydrogen-bond acceptors (Lipinski definition) is 5. The summed E-state index contributed by atoms with van der Waals surface area (Å²) in [6.07, 6.45) is -0.194. The van der Waals surface area contributed by atoms with Gasteiger partial charge >= 0.3 is 5.97 Å². The van der Waals surface area contributed by atoms with Gasteiger partial charge in [-0.2, -0.15) is 0 Å². The van der Waals surface area contributed by atoms with Crippen molar-refractivity contribution in [2.75, 3.05) is 5.32 Å². The number of esters is 1. The van der Waals surface area contributed by atoms with Crippen molar-refractivity contribution in [3.63, 3.8) is 0 Å². The molecular weight excluding hydrogens is 412 g/mol. The Bertz CT molecular complexity index is 939. The van der Waals surface area contributed by atoms with Crippen LogP contribution in [-0.4, -0.2) is 23.9 Å². The summed E-state index contributed by atoms with van der Waals surface area (Å²) in [6, 6.07) is 8.96. The highest BCUT2D eigenvalue weighted by atomic mass is 32.1. The maximum atomic E-state index is 13.1. The van der Waals surface area contributed by atoms with E-state index in [4.69, 9.17) is 4.74 Å². The first-order chi connectivity index (χ1) is 14.4. The highest BCUT2D eigenvalue weighted by molar-refractivity contribution is 7.18. The van der Waals surface area contributed by atoms with E-state index in [0.29, 0.717) is 9.88 Å². The van der Waals surface area contributed by atoms with Gasteiger partial charge in [-0.25, -0.2) is 0 Å². The normalized spacial score (nSPS) is 12.4. The van der Waals surface area contributed by atoms with Crippen LogP contribution in [0.2, 0.25) is 0 Å². The molecule has 0 aliphatic heterocycles. The zero-order chi connectivity index (χ0) is 23.3. The zero-order valence-electron chi connectivity index (χ0n) is 19.3. The molecule has 0 saturated heterocycles. The number of amides is 2. The third-order valence-corrected chi connectivity index (χ3v) is 5.72. The lowest BCUT2D eigenvalue weighted by atomic mass is 9.96. The number of carbonyl (C=O) groups is 3. The Morgan fingerprint density at radius 2 is 1.68 bits per heavy atom. The number of rotatable bonds is 7. The van der Waals surface area contributed by atoms with Crippen LogP contribution in [0.4, 0.5) is 5.00 Å². The molecule has 0 fully saturated rings. The Morgan fingerprint density at radius 3 is 2.23 bits per heavy atom. The van der Waals surface area contributed by atoms with Crippen molar-refractivity contribution >= 4 is 34.1 Å². The van der Waals surface area contributed by atoms with Crippen molar-refractivity contribution in [1.29, 1.82) is 0 Å². The predicted octanol–water partition coefficient (Wildman–Crippen LogP) is 5.16. The molecule has 2 aromatic rings. The van der Waals surface area contributed by atoms with Gasteiger partial charge in [0.15, 0.2) is 0 Å². The minimum absolute atomic E-state index is 0.0328. The summed E-state index contributed by atoms with van der Waals surface area (Å²) in [5, 5.41) is 6.46. The first-order valence-electron chi connectivity index (χ1n) is 10.4. The summed E-state index contributed by atoms with van der Waals surface area (Å²) in [5.41, 5.74) is 2.15. The molecule has 1 atom stereocenters. The number of carbonyl (C=O) groups excluding carboxylic acids is 3. The van der Waals surface area contributed by atoms with Crippen molar-refractivity contribution in [1.82, 2.24) is 5.32 Å². The lowest BCUT2D eigenvalue weighted by molar-refractivity contribution is -0.148. The summed E-state index contributed by atoms with van der Waals surface area (Å²) in [6.45, 7) is 12.9. The summed E-state index contributed by atoms with van der Waals surface area (Å²) in [5.74, 6) is -0.779. The van der Waals surface area contributed by atoms with Gasteiger partial charge in [-0.05, 0) is 44.9 Å². The van der Waals surface area contributed by atoms with Crippen molar-refractivity contribution in [2.45, 2.75) is 67.0 Å². The van der Waals surface area contributed by atoms with Crippen LogP contribution < -0.4 is 10.6 Å². The second-order valence-corrected chi connectivity index (χ2v) is 10.1. The summed E-state index contributed by atoms with van der Waals surface area (Å²) >= 11 is 1.22. The number of anilines is 1. The molecule has 7 heteroatoms. The maximum Gasteiger partial charge on any atom is 0.308 e. The number of hydrogen-bond donors (Lipinski definition) is 2. The quantitative estimate of drug-likeness (QED) is 0.578. The fourth-order valence-corrected chi connectivity index (χ4v) is 3.79. The van der Waals surface area contributed by atoms with Gasteiger partial charge in [0, 0.05) is 5.41 Å². The highest BCUT2D eigenvalue weighted by Gasteiger charge is 2.25. The third kappa shape index (κ3) is 7.21. The first kappa shape index (κ1) is 24.6. The molecule has 0 aliphatic rings. The van der Waals surface area contributed by atoms with E-state index in [-0.39, 0.29) is 30.3 Å². The van der Waals surface area contributed by atoms with Gasteiger partial charge in [-0.15, -0.1) is 11.3 Å². The molecule has 2 N–H and O–H groups in total. The van der Waals surface area contributed by atoms with Crippen LogP contribution in [0.25, 0.3) is 0 Å². The largest absolute Gasteiger partial charge is 0.463 e. The number of thiophene rings is 1. The molecule has 6 nitrogen and oxygen atoms in total. The van der Waals surface area contributed by atoms with Crippen molar-refractivity contribution in [3.8, 4) is 0 Å². The van der Waals surface area contributed by atoms with E-state index in [1.54, 1.807) is 19.9 Å². The van der Waals surface area contributed by atoms with Crippen LogP contribution in [0.1, 0.15) is 73.4 Å². The first-order valence-corrected chi connectivity index (χ1v) is 11.2. The molecule has 1 unspecified atom stereocenters. The number of aryl methyl sites for hydroxylation is 2. The van der Waals surface area contributed by atoms with Gasteiger partial charge in [0.1, 0.15) is 0 Å². The fourth-order valence-electron chi connectivity index (χ4n) is 2.82. The molecule has 1 aromatic heterocycles. The monoisotopic (exact) mass is 444 g/mol. The average Bonchev–Trinajstić information content (AvgIpc) is 3.00. The van der Waals surface area contributed by atoms with E-state index in [0.717, 1.165) is 16.7 Å². The lowest BCUT2D eigenvalue weighted by Crippen LogP contribution is -2.31. The van der Waals surface area contributed by atoms with Gasteiger partial charge in [-0.1, -0.05) is 50.6 Å². The molecule has 31 heavy (non-hydrogen) atoms. The SMILES string of the molecule is Cc1ccc(C(CC(=O)OC(C)C)NC(=O)c2sc(NC(=O)C(C)(C)C)cc2C)cc1. The second kappa shape index (κ2) is 10.1. The highest BCUT2D eigenvalue weighted by Crippen LogP contribution is 2.29. The van der Waals surface area contributed by atoms with E-state index in [2.05, 4.69) is 10.6 Å². The molecule has 0 aliphatic carbocycles. The van der Waals surface area contributed by atoms with Crippen LogP contribution in [-0.2, 0) is 14.3 Å². The molecular formula is C24H32N2O4S. The molecule has 1 aromatic carbocycles. The minimum atomic E-state index is -0.534. The molecule has 0 bridgehead atoms. The molecule has 168 valence electrons. The Morgan fingerprint density at radius 1 is 1.06 bits per heavy atom. The maximum absolute atomic E-state index is 13.1. The van der Waals surface area contributed by atoms with E-state index < -0.39 is 11.5 Å². The zero-order valence-corrected chi connectivity index (χ0v) is 20.1. The fraction of sp³-hybridized carbons (Fsp3) is 0.458. The van der Waals surface area contributed by atoms with Crippen LogP contribution in [0, 0.1) is 19.3 Å². The molecule has 1 heterocycles. The molecule has 0 radical (unpaired) electrons. The lowest BCUT2D eigenvalue weighted by Gasteiger charge is -2.19. The van der Waals surface area contributed by atoms with Gasteiger partial charge in [-0.3, -0.25) is 14.4 Å². The number of benzene rings is 1. The summed E-state index contributed by atoms with van der Waals surface area (Å²) < 4.78 is 5.28. The van der Waals surface area contributed by atoms with Crippen LogP contribution in [0.3, 0.4) is 0 Å². The third-order valence-electron chi connectivity index (χ3n) is 4.56. The van der Waals surface area contributed by atoms with Crippen LogP contribution in [0.15, 0.2) is 30.3 Å². The Balaban J connectivity index is 2.22. The van der Waals surface area contributed by atoms with Gasteiger partial charge in [0.05, 0.1) is 28.4 Å².